The average molecular weight is 612 g/mol. The highest BCUT2D eigenvalue weighted by Gasteiger charge is 2.30. The number of pyridine rings is 1. The van der Waals surface area contributed by atoms with Gasteiger partial charge < -0.3 is 9.72 Å². The minimum atomic E-state index is -2.98. The Bertz CT molecular complexity index is 1760. The molecular weight excluding hydrogens is 588 g/mol. The van der Waals surface area contributed by atoms with Gasteiger partial charge >= 0.3 is 6.09 Å². The molecule has 220 valence electrons. The average Bonchev–Trinajstić information content (AvgIpc) is 3.48. The van der Waals surface area contributed by atoms with Crippen LogP contribution < -0.4 is 10.0 Å². The molecule has 2 heterocycles. The Kier molecular flexibility index (Phi) is 8.63. The Morgan fingerprint density at radius 2 is 1.72 bits per heavy atom. The fourth-order valence-electron chi connectivity index (χ4n) is 4.73. The molecule has 5 aromatic rings. The lowest BCUT2D eigenvalue weighted by molar-refractivity contribution is -0.909. The van der Waals surface area contributed by atoms with Crippen LogP contribution in [0.3, 0.4) is 0 Å². The van der Waals surface area contributed by atoms with Gasteiger partial charge in [0.15, 0.2) is 0 Å². The van der Waals surface area contributed by atoms with E-state index < -0.39 is 41.2 Å². The molecule has 0 aliphatic carbocycles. The fourth-order valence-corrected chi connectivity index (χ4v) is 4.88. The lowest BCUT2D eigenvalue weighted by Crippen LogP contribution is -2.37. The van der Waals surface area contributed by atoms with Crippen molar-refractivity contribution in [2.24, 2.45) is 0 Å². The predicted octanol–water partition coefficient (Wildman–Crippen LogP) is 7.69. The van der Waals surface area contributed by atoms with Crippen LogP contribution >= 0.6 is 11.6 Å². The first-order valence-electron chi connectivity index (χ1n) is 12.9. The smallest absolute Gasteiger partial charge is 0.411 e. The Morgan fingerprint density at radius 1 is 1.02 bits per heavy atom. The van der Waals surface area contributed by atoms with Crippen molar-refractivity contribution in [3.05, 3.63) is 124 Å². The van der Waals surface area contributed by atoms with Gasteiger partial charge in [-0.15, -0.1) is 0 Å². The van der Waals surface area contributed by atoms with E-state index in [1.165, 1.54) is 31.4 Å². The van der Waals surface area contributed by atoms with Gasteiger partial charge in [0.25, 0.3) is 6.43 Å². The van der Waals surface area contributed by atoms with Crippen LogP contribution in [0.5, 0.6) is 0 Å². The first kappa shape index (κ1) is 29.6. The fraction of sp³-hybridized carbons (Fsp3) is 0.129. The lowest BCUT2D eigenvalue weighted by atomic mass is 9.93. The number of amides is 1. The second kappa shape index (κ2) is 12.5. The highest BCUT2D eigenvalue weighted by atomic mass is 35.5. The molecule has 7 nitrogen and oxygen atoms in total. The summed E-state index contributed by atoms with van der Waals surface area (Å²) in [5.41, 5.74) is 1.93. The highest BCUT2D eigenvalue weighted by Crippen LogP contribution is 2.37. The van der Waals surface area contributed by atoms with E-state index in [1.54, 1.807) is 42.6 Å². The van der Waals surface area contributed by atoms with E-state index in [2.05, 4.69) is 20.0 Å². The van der Waals surface area contributed by atoms with E-state index in [-0.39, 0.29) is 17.0 Å². The minimum absolute atomic E-state index is 0.0112. The van der Waals surface area contributed by atoms with Gasteiger partial charge in [-0.3, -0.25) is 10.5 Å². The summed E-state index contributed by atoms with van der Waals surface area (Å²) in [5, 5.41) is 13.3. The number of hydrogen-bond donors (Lipinski definition) is 3. The third-order valence-electron chi connectivity index (χ3n) is 6.87. The summed E-state index contributed by atoms with van der Waals surface area (Å²) in [6, 6.07) is 17.7. The highest BCUT2D eigenvalue weighted by molar-refractivity contribution is 6.31. The van der Waals surface area contributed by atoms with Crippen molar-refractivity contribution in [1.82, 2.24) is 9.97 Å². The molecule has 43 heavy (non-hydrogen) atoms. The molecule has 0 spiro atoms. The third kappa shape index (κ3) is 6.46. The van der Waals surface area contributed by atoms with Gasteiger partial charge in [0.05, 0.1) is 29.6 Å². The number of aromatic nitrogens is 3. The van der Waals surface area contributed by atoms with E-state index >= 15 is 0 Å². The summed E-state index contributed by atoms with van der Waals surface area (Å²) >= 11 is 5.88. The number of carbonyl (C=O) groups is 1. The van der Waals surface area contributed by atoms with Crippen molar-refractivity contribution in [1.29, 1.82) is 0 Å². The van der Waals surface area contributed by atoms with E-state index in [0.29, 0.717) is 22.9 Å². The summed E-state index contributed by atoms with van der Waals surface area (Å²) in [7, 11) is 1.26. The molecule has 0 saturated heterocycles. The molecule has 3 N–H and O–H groups in total. The first-order chi connectivity index (χ1) is 20.6. The Morgan fingerprint density at radius 3 is 2.37 bits per heavy atom. The molecule has 2 aromatic heterocycles. The molecule has 1 atom stereocenters. The number of benzene rings is 3. The van der Waals surface area contributed by atoms with Crippen LogP contribution in [0.1, 0.15) is 35.0 Å². The second-order valence-corrected chi connectivity index (χ2v) is 9.98. The predicted molar refractivity (Wildman–Crippen MR) is 151 cm³/mol. The molecule has 1 unspecified atom stereocenters. The number of anilines is 1. The number of imidazole rings is 1. The number of alkyl halides is 2. The van der Waals surface area contributed by atoms with Crippen LogP contribution in [-0.4, -0.2) is 28.4 Å². The van der Waals surface area contributed by atoms with E-state index in [1.807, 2.05) is 0 Å². The topological polar surface area (TPSA) is 91.1 Å². The quantitative estimate of drug-likeness (QED) is 0.0953. The molecule has 3 aromatic carbocycles. The Hall–Kier alpha value is -4.90. The summed E-state index contributed by atoms with van der Waals surface area (Å²) in [4.78, 5) is 19.3. The van der Waals surface area contributed by atoms with Gasteiger partial charge in [0.2, 0.25) is 11.9 Å². The normalized spacial score (nSPS) is 11.9. The van der Waals surface area contributed by atoms with Crippen LogP contribution in [0.4, 0.5) is 28.0 Å². The van der Waals surface area contributed by atoms with Crippen molar-refractivity contribution in [3.8, 4) is 22.4 Å². The van der Waals surface area contributed by atoms with Crippen molar-refractivity contribution in [2.75, 3.05) is 12.4 Å². The number of nitrogens with zero attached hydrogens (tertiary/aromatic N) is 2. The maximum absolute atomic E-state index is 14.9. The van der Waals surface area contributed by atoms with Gasteiger partial charge in [0, 0.05) is 27.6 Å². The van der Waals surface area contributed by atoms with Crippen molar-refractivity contribution in [2.45, 2.75) is 18.8 Å². The molecule has 5 rings (SSSR count). The van der Waals surface area contributed by atoms with Gasteiger partial charge in [0.1, 0.15) is 23.4 Å². The van der Waals surface area contributed by atoms with Crippen LogP contribution in [-0.2, 0) is 11.2 Å². The molecule has 0 saturated carbocycles. The number of H-pyrrole nitrogens is 1. The third-order valence-corrected chi connectivity index (χ3v) is 7.17. The lowest BCUT2D eigenvalue weighted by Gasteiger charge is -2.14. The van der Waals surface area contributed by atoms with Crippen molar-refractivity contribution < 1.29 is 37.0 Å². The van der Waals surface area contributed by atoms with Gasteiger partial charge in [-0.1, -0.05) is 41.9 Å². The molecule has 1 amide bonds. The second-order valence-electron chi connectivity index (χ2n) is 9.57. The number of hydrogen-bond acceptors (Lipinski definition) is 4. The summed E-state index contributed by atoms with van der Waals surface area (Å²) in [6.45, 7) is 0. The molecule has 0 aliphatic heterocycles. The summed E-state index contributed by atoms with van der Waals surface area (Å²) in [6.07, 6.45) is -0.589. The molecular formula is C31H24ClF4N4O3+. The van der Waals surface area contributed by atoms with Gasteiger partial charge in [-0.25, -0.2) is 27.3 Å². The summed E-state index contributed by atoms with van der Waals surface area (Å²) in [5.74, 6) is -1.63. The van der Waals surface area contributed by atoms with Crippen LogP contribution in [0.25, 0.3) is 22.4 Å². The molecule has 0 bridgehead atoms. The standard InChI is InChI=1S/C31H23ClF4N4O3/c1-43-31(41)38-21-9-4-18(5-10-21)25-15-37-30(39-25)23(14-17-2-7-20(33)8-3-17)26-13-6-19(16-40(26)42)27-22(29(35)36)11-12-24(32)28(27)34/h2-13,15-16,23,29H,14H2,1H3,(H2-,37,38,39,41,42)/p+1. The number of carbonyl (C=O) groups excluding carboxylic acids is 1. The number of nitrogens with one attached hydrogen (secondary N) is 2. The zero-order chi connectivity index (χ0) is 30.7. The number of methoxy groups -OCH3 is 1. The number of rotatable bonds is 8. The SMILES string of the molecule is COC(=O)Nc1ccc(-c2cnc(C(Cc3ccc(F)cc3)c3ccc(-c4c(C(F)F)ccc(Cl)c4F)c[n+]3O)[nH]2)cc1. The van der Waals surface area contributed by atoms with Crippen LogP contribution in [0.2, 0.25) is 5.02 Å². The first-order valence-corrected chi connectivity index (χ1v) is 13.3. The van der Waals surface area contributed by atoms with Crippen LogP contribution in [0, 0.1) is 11.6 Å². The number of aromatic amines is 1. The zero-order valence-electron chi connectivity index (χ0n) is 22.5. The summed E-state index contributed by atoms with van der Waals surface area (Å²) < 4.78 is 61.3. The van der Waals surface area contributed by atoms with Crippen LogP contribution in [0.15, 0.2) is 85.2 Å². The molecule has 0 aliphatic rings. The number of halogens is 5. The van der Waals surface area contributed by atoms with E-state index in [9.17, 15) is 27.6 Å². The zero-order valence-corrected chi connectivity index (χ0v) is 23.2. The molecule has 12 heteroatoms. The molecule has 0 fully saturated rings. The minimum Gasteiger partial charge on any atom is -0.453 e. The van der Waals surface area contributed by atoms with E-state index in [0.717, 1.165) is 34.2 Å². The van der Waals surface area contributed by atoms with E-state index in [4.69, 9.17) is 11.6 Å². The van der Waals surface area contributed by atoms with Gasteiger partial charge in [-0.2, -0.15) is 0 Å². The van der Waals surface area contributed by atoms with Gasteiger partial charge in [-0.05, 0) is 53.9 Å². The maximum Gasteiger partial charge on any atom is 0.411 e. The monoisotopic (exact) mass is 611 g/mol. The van der Waals surface area contributed by atoms with Crippen molar-refractivity contribution >= 4 is 23.4 Å². The Balaban J connectivity index is 1.53. The molecule has 0 radical (unpaired) electrons. The number of ether oxygens (including phenoxy) is 1. The maximum atomic E-state index is 14.9. The largest absolute Gasteiger partial charge is 0.453 e. The Labute approximate surface area is 248 Å². The van der Waals surface area contributed by atoms with Crippen molar-refractivity contribution in [3.63, 3.8) is 0 Å².